The summed E-state index contributed by atoms with van der Waals surface area (Å²) >= 11 is 0. The Balaban J connectivity index is 1.75. The number of rotatable bonds is 5. The molecule has 0 radical (unpaired) electrons. The zero-order valence-electron chi connectivity index (χ0n) is 20.0. The highest BCUT2D eigenvalue weighted by Gasteiger charge is 2.31. The maximum Gasteiger partial charge on any atom is 0.355 e. The number of carbonyl (C=O) groups excluding carboxylic acids is 2. The highest BCUT2D eigenvalue weighted by molar-refractivity contribution is 6.08. The van der Waals surface area contributed by atoms with Gasteiger partial charge in [-0.05, 0) is 58.1 Å². The lowest BCUT2D eigenvalue weighted by molar-refractivity contribution is 0.0550. The first-order valence-corrected chi connectivity index (χ1v) is 11.3. The fourth-order valence-electron chi connectivity index (χ4n) is 4.90. The van der Waals surface area contributed by atoms with Crippen LogP contribution in [0.25, 0.3) is 27.9 Å². The number of nitrogens with zero attached hydrogens (tertiary/aromatic N) is 1. The Morgan fingerprint density at radius 3 is 2.14 bits per heavy atom. The largest absolute Gasteiger partial charge is 0.497 e. The SMILES string of the molecule is COC(=O)c1c(-c2ccc3c(c2)-c2ccccc2C3C)cn(-c2ccc(OC)cc2)c1C(=O)OC. The van der Waals surface area contributed by atoms with Crippen molar-refractivity contribution in [2.75, 3.05) is 21.3 Å². The minimum atomic E-state index is -0.632. The van der Waals surface area contributed by atoms with Crippen LogP contribution in [0, 0.1) is 0 Å². The molecule has 1 unspecified atom stereocenters. The van der Waals surface area contributed by atoms with Gasteiger partial charge < -0.3 is 18.8 Å². The van der Waals surface area contributed by atoms with Crippen molar-refractivity contribution in [3.8, 4) is 33.7 Å². The topological polar surface area (TPSA) is 66.8 Å². The van der Waals surface area contributed by atoms with Gasteiger partial charge in [0.25, 0.3) is 0 Å². The lowest BCUT2D eigenvalue weighted by Crippen LogP contribution is -2.15. The normalized spacial score (nSPS) is 13.7. The molecule has 0 amide bonds. The summed E-state index contributed by atoms with van der Waals surface area (Å²) in [6.07, 6.45) is 1.78. The van der Waals surface area contributed by atoms with Gasteiger partial charge in [0, 0.05) is 23.4 Å². The third kappa shape index (κ3) is 3.58. The van der Waals surface area contributed by atoms with Crippen LogP contribution in [0.2, 0.25) is 0 Å². The molecule has 4 aromatic rings. The van der Waals surface area contributed by atoms with Crippen LogP contribution in [-0.4, -0.2) is 37.8 Å². The number of benzene rings is 3. The Hall–Kier alpha value is -4.32. The number of aromatic nitrogens is 1. The molecule has 1 heterocycles. The molecule has 35 heavy (non-hydrogen) atoms. The Labute approximate surface area is 203 Å². The number of esters is 2. The van der Waals surface area contributed by atoms with E-state index >= 15 is 0 Å². The second-order valence-corrected chi connectivity index (χ2v) is 8.43. The quantitative estimate of drug-likeness (QED) is 0.344. The fourth-order valence-corrected chi connectivity index (χ4v) is 4.90. The maximum atomic E-state index is 13.0. The molecule has 0 spiro atoms. The second-order valence-electron chi connectivity index (χ2n) is 8.43. The minimum Gasteiger partial charge on any atom is -0.497 e. The smallest absolute Gasteiger partial charge is 0.355 e. The molecule has 176 valence electrons. The van der Waals surface area contributed by atoms with Gasteiger partial charge in [-0.1, -0.05) is 43.3 Å². The molecule has 0 N–H and O–H groups in total. The van der Waals surface area contributed by atoms with Gasteiger partial charge in [0.1, 0.15) is 17.0 Å². The first kappa shape index (κ1) is 22.5. The highest BCUT2D eigenvalue weighted by Crippen LogP contribution is 2.46. The van der Waals surface area contributed by atoms with E-state index in [1.807, 2.05) is 24.3 Å². The van der Waals surface area contributed by atoms with Gasteiger partial charge in [0.2, 0.25) is 0 Å². The molecule has 0 fully saturated rings. The second kappa shape index (κ2) is 8.80. The monoisotopic (exact) mass is 467 g/mol. The van der Waals surface area contributed by atoms with Crippen molar-refractivity contribution in [3.63, 3.8) is 0 Å². The zero-order chi connectivity index (χ0) is 24.7. The first-order chi connectivity index (χ1) is 17.0. The van der Waals surface area contributed by atoms with Gasteiger partial charge in [0.05, 0.1) is 21.3 Å². The Kier molecular flexibility index (Phi) is 5.65. The molecule has 0 saturated carbocycles. The van der Waals surface area contributed by atoms with Crippen LogP contribution in [0.4, 0.5) is 0 Å². The summed E-state index contributed by atoms with van der Waals surface area (Å²) in [7, 11) is 4.19. The summed E-state index contributed by atoms with van der Waals surface area (Å²) < 4.78 is 17.1. The van der Waals surface area contributed by atoms with E-state index in [0.29, 0.717) is 17.0 Å². The number of fused-ring (bicyclic) bond motifs is 3. The standard InChI is InChI=1S/C29H25NO5/c1-17-21-7-5-6-8-23(21)24-15-18(9-14-22(17)24)25-16-30(19-10-12-20(33-2)13-11-19)27(29(32)35-4)26(25)28(31)34-3/h5-17H,1-4H3. The molecule has 3 aromatic carbocycles. The highest BCUT2D eigenvalue weighted by atomic mass is 16.5. The molecule has 1 atom stereocenters. The molecular formula is C29H25NO5. The summed E-state index contributed by atoms with van der Waals surface area (Å²) in [6.45, 7) is 2.19. The molecule has 1 aliphatic rings. The van der Waals surface area contributed by atoms with Gasteiger partial charge in [0.15, 0.2) is 0 Å². The predicted molar refractivity (Wildman–Crippen MR) is 133 cm³/mol. The van der Waals surface area contributed by atoms with Crippen LogP contribution in [0.15, 0.2) is 72.9 Å². The van der Waals surface area contributed by atoms with Gasteiger partial charge in [-0.2, -0.15) is 0 Å². The van der Waals surface area contributed by atoms with Crippen molar-refractivity contribution in [1.29, 1.82) is 0 Å². The van der Waals surface area contributed by atoms with Crippen molar-refractivity contribution in [1.82, 2.24) is 4.57 Å². The molecule has 0 saturated heterocycles. The molecule has 0 aliphatic heterocycles. The van der Waals surface area contributed by atoms with Gasteiger partial charge in [-0.15, -0.1) is 0 Å². The number of ether oxygens (including phenoxy) is 3. The Bertz CT molecular complexity index is 1450. The van der Waals surface area contributed by atoms with Crippen LogP contribution in [0.3, 0.4) is 0 Å². The number of methoxy groups -OCH3 is 3. The lowest BCUT2D eigenvalue weighted by Gasteiger charge is -2.10. The molecule has 6 nitrogen and oxygen atoms in total. The average molecular weight is 468 g/mol. The van der Waals surface area contributed by atoms with Gasteiger partial charge >= 0.3 is 11.9 Å². The number of hydrogen-bond donors (Lipinski definition) is 0. The van der Waals surface area contributed by atoms with E-state index in [9.17, 15) is 9.59 Å². The van der Waals surface area contributed by atoms with Crippen molar-refractivity contribution < 1.29 is 23.8 Å². The van der Waals surface area contributed by atoms with E-state index in [-0.39, 0.29) is 17.2 Å². The van der Waals surface area contributed by atoms with E-state index in [4.69, 9.17) is 14.2 Å². The Morgan fingerprint density at radius 2 is 1.46 bits per heavy atom. The summed E-state index contributed by atoms with van der Waals surface area (Å²) in [5.41, 5.74) is 7.16. The fraction of sp³-hybridized carbons (Fsp3) is 0.172. The van der Waals surface area contributed by atoms with Crippen LogP contribution in [-0.2, 0) is 9.47 Å². The van der Waals surface area contributed by atoms with Crippen LogP contribution < -0.4 is 4.74 Å². The van der Waals surface area contributed by atoms with Crippen molar-refractivity contribution in [3.05, 3.63) is 95.3 Å². The lowest BCUT2D eigenvalue weighted by atomic mass is 9.95. The molecular weight excluding hydrogens is 442 g/mol. The summed E-state index contributed by atoms with van der Waals surface area (Å²) in [4.78, 5) is 25.9. The molecule has 1 aliphatic carbocycles. The van der Waals surface area contributed by atoms with E-state index in [1.165, 1.54) is 30.9 Å². The van der Waals surface area contributed by atoms with Gasteiger partial charge in [-0.25, -0.2) is 9.59 Å². The molecule has 1 aromatic heterocycles. The third-order valence-electron chi connectivity index (χ3n) is 6.67. The zero-order valence-corrected chi connectivity index (χ0v) is 20.0. The van der Waals surface area contributed by atoms with Crippen LogP contribution >= 0.6 is 0 Å². The average Bonchev–Trinajstić information content (AvgIpc) is 3.44. The van der Waals surface area contributed by atoms with Crippen molar-refractivity contribution in [2.24, 2.45) is 0 Å². The van der Waals surface area contributed by atoms with Crippen LogP contribution in [0.1, 0.15) is 44.8 Å². The Morgan fingerprint density at radius 1 is 0.771 bits per heavy atom. The van der Waals surface area contributed by atoms with Crippen molar-refractivity contribution in [2.45, 2.75) is 12.8 Å². The van der Waals surface area contributed by atoms with E-state index in [2.05, 4.69) is 37.3 Å². The number of carbonyl (C=O) groups is 2. The third-order valence-corrected chi connectivity index (χ3v) is 6.67. The van der Waals surface area contributed by atoms with Crippen LogP contribution in [0.5, 0.6) is 5.75 Å². The number of hydrogen-bond acceptors (Lipinski definition) is 5. The molecule has 6 heteroatoms. The van der Waals surface area contributed by atoms with E-state index in [1.54, 1.807) is 30.0 Å². The van der Waals surface area contributed by atoms with Gasteiger partial charge in [-0.3, -0.25) is 0 Å². The van der Waals surface area contributed by atoms with E-state index < -0.39 is 11.9 Å². The summed E-state index contributed by atoms with van der Waals surface area (Å²) in [5.74, 6) is -0.278. The predicted octanol–water partition coefficient (Wildman–Crippen LogP) is 5.86. The first-order valence-electron chi connectivity index (χ1n) is 11.3. The molecule has 5 rings (SSSR count). The van der Waals surface area contributed by atoms with Crippen molar-refractivity contribution >= 4 is 11.9 Å². The molecule has 0 bridgehead atoms. The van der Waals surface area contributed by atoms with E-state index in [0.717, 1.165) is 11.1 Å². The summed E-state index contributed by atoms with van der Waals surface area (Å²) in [5, 5.41) is 0. The summed E-state index contributed by atoms with van der Waals surface area (Å²) in [6, 6.07) is 21.7. The maximum absolute atomic E-state index is 13.0. The minimum absolute atomic E-state index is 0.105.